The molecule has 0 radical (unpaired) electrons. The van der Waals surface area contributed by atoms with Crippen molar-refractivity contribution >= 4 is 23.2 Å². The Hall–Kier alpha value is -1.22. The molecule has 1 fully saturated rings. The van der Waals surface area contributed by atoms with E-state index in [0.717, 1.165) is 5.69 Å². The van der Waals surface area contributed by atoms with Crippen molar-refractivity contribution in [2.24, 2.45) is 17.6 Å². The van der Waals surface area contributed by atoms with E-state index >= 15 is 0 Å². The third-order valence-electron chi connectivity index (χ3n) is 4.11. The molecule has 2 atom stereocenters. The number of carbonyl (C=O) groups is 1. The molecular weight excluding hydrogens is 260 g/mol. The van der Waals surface area contributed by atoms with Gasteiger partial charge in [0.1, 0.15) is 0 Å². The fraction of sp³-hybridized carbons (Fsp3) is 0.533. The van der Waals surface area contributed by atoms with Gasteiger partial charge in [-0.25, -0.2) is 0 Å². The summed E-state index contributed by atoms with van der Waals surface area (Å²) in [5.74, 6) is 0.813. The van der Waals surface area contributed by atoms with Gasteiger partial charge in [-0.1, -0.05) is 31.9 Å². The van der Waals surface area contributed by atoms with Crippen LogP contribution in [0, 0.1) is 11.8 Å². The van der Waals surface area contributed by atoms with Crippen LogP contribution < -0.4 is 11.1 Å². The highest BCUT2D eigenvalue weighted by molar-refractivity contribution is 6.34. The maximum Gasteiger partial charge on any atom is 0.250 e. The van der Waals surface area contributed by atoms with Crippen LogP contribution in [-0.4, -0.2) is 11.9 Å². The number of hydrogen-bond acceptors (Lipinski definition) is 2. The van der Waals surface area contributed by atoms with Crippen molar-refractivity contribution in [2.45, 2.75) is 39.2 Å². The molecule has 3 N–H and O–H groups in total. The lowest BCUT2D eigenvalue weighted by molar-refractivity contribution is 0.100. The van der Waals surface area contributed by atoms with E-state index in [1.165, 1.54) is 19.3 Å². The first-order valence-electron chi connectivity index (χ1n) is 6.85. The second-order valence-electron chi connectivity index (χ2n) is 5.61. The molecule has 2 rings (SSSR count). The number of nitrogens with one attached hydrogen (secondary N) is 1. The summed E-state index contributed by atoms with van der Waals surface area (Å²) in [6, 6.07) is 5.81. The Labute approximate surface area is 119 Å². The van der Waals surface area contributed by atoms with E-state index in [0.29, 0.717) is 28.5 Å². The minimum Gasteiger partial charge on any atom is -0.382 e. The molecule has 104 valence electrons. The lowest BCUT2D eigenvalue weighted by atomic mass is 9.78. The largest absolute Gasteiger partial charge is 0.382 e. The molecule has 2 unspecified atom stereocenters. The van der Waals surface area contributed by atoms with E-state index in [-0.39, 0.29) is 0 Å². The molecule has 0 spiro atoms. The maximum absolute atomic E-state index is 11.1. The molecule has 1 aromatic carbocycles. The molecule has 19 heavy (non-hydrogen) atoms. The minimum atomic E-state index is -0.490. The second kappa shape index (κ2) is 5.83. The zero-order chi connectivity index (χ0) is 14.0. The topological polar surface area (TPSA) is 55.1 Å². The van der Waals surface area contributed by atoms with Crippen molar-refractivity contribution in [1.29, 1.82) is 0 Å². The monoisotopic (exact) mass is 280 g/mol. The fourth-order valence-electron chi connectivity index (χ4n) is 2.96. The number of rotatable bonds is 3. The van der Waals surface area contributed by atoms with Crippen molar-refractivity contribution in [3.63, 3.8) is 0 Å². The van der Waals surface area contributed by atoms with Gasteiger partial charge in [-0.2, -0.15) is 0 Å². The average molecular weight is 281 g/mol. The Kier molecular flexibility index (Phi) is 4.35. The summed E-state index contributed by atoms with van der Waals surface area (Å²) in [5, 5.41) is 3.96. The first-order chi connectivity index (χ1) is 8.99. The molecule has 0 aromatic heterocycles. The molecule has 1 aliphatic rings. The Morgan fingerprint density at radius 2 is 1.95 bits per heavy atom. The van der Waals surface area contributed by atoms with Gasteiger partial charge in [0.05, 0.1) is 10.6 Å². The Morgan fingerprint density at radius 1 is 1.32 bits per heavy atom. The standard InChI is InChI=1S/C15H21ClN2O/c1-9-4-3-5-10(2)14(9)18-11-6-7-12(15(17)19)13(16)8-11/h6-10,14,18H,3-5H2,1-2H3,(H2,17,19). The smallest absolute Gasteiger partial charge is 0.250 e. The van der Waals surface area contributed by atoms with Crippen LogP contribution in [0.25, 0.3) is 0 Å². The summed E-state index contributed by atoms with van der Waals surface area (Å²) in [7, 11) is 0. The summed E-state index contributed by atoms with van der Waals surface area (Å²) in [6.07, 6.45) is 3.83. The molecule has 1 amide bonds. The predicted molar refractivity (Wildman–Crippen MR) is 79.6 cm³/mol. The summed E-state index contributed by atoms with van der Waals surface area (Å²) in [6.45, 7) is 4.57. The van der Waals surface area contributed by atoms with Gasteiger partial charge < -0.3 is 11.1 Å². The molecule has 4 heteroatoms. The summed E-state index contributed by atoms with van der Waals surface area (Å²) < 4.78 is 0. The van der Waals surface area contributed by atoms with Gasteiger partial charge in [0, 0.05) is 11.7 Å². The third kappa shape index (κ3) is 3.21. The number of amides is 1. The number of carbonyl (C=O) groups excluding carboxylic acids is 1. The van der Waals surface area contributed by atoms with Crippen molar-refractivity contribution in [3.8, 4) is 0 Å². The van der Waals surface area contributed by atoms with Gasteiger partial charge in [-0.15, -0.1) is 0 Å². The van der Waals surface area contributed by atoms with Crippen LogP contribution in [0.4, 0.5) is 5.69 Å². The number of primary amides is 1. The third-order valence-corrected chi connectivity index (χ3v) is 4.43. The summed E-state index contributed by atoms with van der Waals surface area (Å²) in [4.78, 5) is 11.1. The fourth-order valence-corrected chi connectivity index (χ4v) is 3.24. The SMILES string of the molecule is CC1CCCC(C)C1Nc1ccc(C(N)=O)c(Cl)c1. The van der Waals surface area contributed by atoms with Crippen LogP contribution in [0.5, 0.6) is 0 Å². The maximum atomic E-state index is 11.1. The van der Waals surface area contributed by atoms with Crippen LogP contribution in [0.1, 0.15) is 43.5 Å². The molecule has 3 nitrogen and oxygen atoms in total. The molecule has 1 saturated carbocycles. The number of anilines is 1. The Bertz CT molecular complexity index is 465. The lowest BCUT2D eigenvalue weighted by Crippen LogP contribution is -2.37. The van der Waals surface area contributed by atoms with E-state index < -0.39 is 5.91 Å². The van der Waals surface area contributed by atoms with Crippen LogP contribution in [0.2, 0.25) is 5.02 Å². The predicted octanol–water partition coefficient (Wildman–Crippen LogP) is 3.68. The Morgan fingerprint density at radius 3 is 2.47 bits per heavy atom. The van der Waals surface area contributed by atoms with Gasteiger partial charge in [0.25, 0.3) is 0 Å². The number of benzene rings is 1. The first kappa shape index (κ1) is 14.2. The van der Waals surface area contributed by atoms with Gasteiger partial charge in [0.15, 0.2) is 0 Å². The van der Waals surface area contributed by atoms with Crippen LogP contribution in [0.15, 0.2) is 18.2 Å². The number of halogens is 1. The van der Waals surface area contributed by atoms with Crippen molar-refractivity contribution in [3.05, 3.63) is 28.8 Å². The molecule has 0 aliphatic heterocycles. The number of hydrogen-bond donors (Lipinski definition) is 2. The highest BCUT2D eigenvalue weighted by Crippen LogP contribution is 2.32. The number of nitrogens with two attached hydrogens (primary N) is 1. The molecule has 0 heterocycles. The quantitative estimate of drug-likeness (QED) is 0.887. The second-order valence-corrected chi connectivity index (χ2v) is 6.02. The van der Waals surface area contributed by atoms with Gasteiger partial charge in [-0.3, -0.25) is 4.79 Å². The minimum absolute atomic E-state index is 0.372. The van der Waals surface area contributed by atoms with E-state index in [1.54, 1.807) is 12.1 Å². The molecular formula is C15H21ClN2O. The van der Waals surface area contributed by atoms with Gasteiger partial charge in [0.2, 0.25) is 5.91 Å². The summed E-state index contributed by atoms with van der Waals surface area (Å²) >= 11 is 6.07. The van der Waals surface area contributed by atoms with E-state index in [1.807, 2.05) is 6.07 Å². The molecule has 1 aliphatic carbocycles. The molecule has 1 aromatic rings. The molecule has 0 bridgehead atoms. The zero-order valence-electron chi connectivity index (χ0n) is 11.4. The van der Waals surface area contributed by atoms with Crippen LogP contribution >= 0.6 is 11.6 Å². The average Bonchev–Trinajstić information content (AvgIpc) is 2.33. The Balaban J connectivity index is 2.14. The van der Waals surface area contributed by atoms with Crippen molar-refractivity contribution in [2.75, 3.05) is 5.32 Å². The normalized spacial score (nSPS) is 27.0. The first-order valence-corrected chi connectivity index (χ1v) is 7.22. The van der Waals surface area contributed by atoms with Gasteiger partial charge in [-0.05, 0) is 42.9 Å². The van der Waals surface area contributed by atoms with E-state index in [2.05, 4.69) is 19.2 Å². The van der Waals surface area contributed by atoms with Gasteiger partial charge >= 0.3 is 0 Å². The van der Waals surface area contributed by atoms with Crippen LogP contribution in [-0.2, 0) is 0 Å². The lowest BCUT2D eigenvalue weighted by Gasteiger charge is -2.36. The van der Waals surface area contributed by atoms with E-state index in [4.69, 9.17) is 17.3 Å². The van der Waals surface area contributed by atoms with Crippen molar-refractivity contribution < 1.29 is 4.79 Å². The highest BCUT2D eigenvalue weighted by atomic mass is 35.5. The van der Waals surface area contributed by atoms with Crippen LogP contribution in [0.3, 0.4) is 0 Å². The zero-order valence-corrected chi connectivity index (χ0v) is 12.2. The molecule has 0 saturated heterocycles. The van der Waals surface area contributed by atoms with E-state index in [9.17, 15) is 4.79 Å². The van der Waals surface area contributed by atoms with Crippen molar-refractivity contribution in [1.82, 2.24) is 0 Å². The highest BCUT2D eigenvalue weighted by Gasteiger charge is 2.27. The summed E-state index contributed by atoms with van der Waals surface area (Å²) in [5.41, 5.74) is 6.58.